The quantitative estimate of drug-likeness (QED) is 0.827. The highest BCUT2D eigenvalue weighted by molar-refractivity contribution is 5.90. The summed E-state index contributed by atoms with van der Waals surface area (Å²) in [7, 11) is 0. The number of alkyl halides is 2. The highest BCUT2D eigenvalue weighted by atomic mass is 19.3. The number of carbonyl (C=O) groups excluding carboxylic acids is 1. The van der Waals surface area contributed by atoms with E-state index in [1.165, 1.54) is 0 Å². The van der Waals surface area contributed by atoms with Crippen LogP contribution in [0.3, 0.4) is 0 Å². The maximum absolute atomic E-state index is 14.0. The second-order valence-electron chi connectivity index (χ2n) is 4.41. The Balaban J connectivity index is 2.66. The predicted molar refractivity (Wildman–Crippen MR) is 62.6 cm³/mol. The second-order valence-corrected chi connectivity index (χ2v) is 4.41. The van der Waals surface area contributed by atoms with Gasteiger partial charge in [-0.1, -0.05) is 0 Å². The van der Waals surface area contributed by atoms with Crippen molar-refractivity contribution in [3.8, 4) is 0 Å². The topological polar surface area (TPSA) is 104 Å². The standard InChI is InChI=1S/C11H11F3N4O2/c1-10(11(13,14)4-20-9(16)18-10)7-5(12)2-3-6(17-7)8(15)19/h2-3H,4H2,1H3,(H2,15,19)(H2,16,18). The zero-order valence-electron chi connectivity index (χ0n) is 10.4. The lowest BCUT2D eigenvalue weighted by Gasteiger charge is -2.36. The average molecular weight is 288 g/mol. The Labute approximate surface area is 111 Å². The molecule has 4 N–H and O–H groups in total. The molecule has 0 saturated carbocycles. The van der Waals surface area contributed by atoms with Gasteiger partial charge in [0.2, 0.25) is 0 Å². The molecule has 1 aromatic heterocycles. The Morgan fingerprint density at radius 2 is 2.10 bits per heavy atom. The van der Waals surface area contributed by atoms with Gasteiger partial charge in [0, 0.05) is 0 Å². The zero-order valence-corrected chi connectivity index (χ0v) is 10.4. The summed E-state index contributed by atoms with van der Waals surface area (Å²) in [6.45, 7) is -0.112. The molecule has 20 heavy (non-hydrogen) atoms. The van der Waals surface area contributed by atoms with Crippen molar-refractivity contribution < 1.29 is 22.7 Å². The van der Waals surface area contributed by atoms with Crippen LogP contribution in [0.15, 0.2) is 17.1 Å². The molecule has 0 bridgehead atoms. The van der Waals surface area contributed by atoms with Gasteiger partial charge in [0.15, 0.2) is 12.1 Å². The maximum atomic E-state index is 14.0. The molecular formula is C11H11F3N4O2. The monoisotopic (exact) mass is 288 g/mol. The van der Waals surface area contributed by atoms with E-state index in [9.17, 15) is 18.0 Å². The first-order valence-corrected chi connectivity index (χ1v) is 5.50. The highest BCUT2D eigenvalue weighted by Gasteiger charge is 2.57. The lowest BCUT2D eigenvalue weighted by Crippen LogP contribution is -2.51. The van der Waals surface area contributed by atoms with E-state index < -0.39 is 41.5 Å². The van der Waals surface area contributed by atoms with Gasteiger partial charge in [-0.25, -0.2) is 14.4 Å². The molecular weight excluding hydrogens is 277 g/mol. The summed E-state index contributed by atoms with van der Waals surface area (Å²) >= 11 is 0. The van der Waals surface area contributed by atoms with E-state index in [1.807, 2.05) is 0 Å². The van der Waals surface area contributed by atoms with E-state index in [1.54, 1.807) is 0 Å². The number of primary amides is 1. The van der Waals surface area contributed by atoms with E-state index in [2.05, 4.69) is 14.7 Å². The molecule has 0 aromatic carbocycles. The molecule has 0 saturated heterocycles. The van der Waals surface area contributed by atoms with Crippen LogP contribution < -0.4 is 11.5 Å². The minimum absolute atomic E-state index is 0.348. The first kappa shape index (κ1) is 14.1. The number of aromatic nitrogens is 1. The van der Waals surface area contributed by atoms with Crippen LogP contribution in [0.1, 0.15) is 23.1 Å². The van der Waals surface area contributed by atoms with Crippen molar-refractivity contribution in [2.45, 2.75) is 18.4 Å². The molecule has 6 nitrogen and oxygen atoms in total. The number of pyridine rings is 1. The van der Waals surface area contributed by atoms with E-state index >= 15 is 0 Å². The van der Waals surface area contributed by atoms with Gasteiger partial charge < -0.3 is 16.2 Å². The van der Waals surface area contributed by atoms with Crippen molar-refractivity contribution in [3.05, 3.63) is 29.3 Å². The normalized spacial score (nSPS) is 24.7. The van der Waals surface area contributed by atoms with Crippen LogP contribution in [0.4, 0.5) is 13.2 Å². The predicted octanol–water partition coefficient (Wildman–Crippen LogP) is 0.515. The van der Waals surface area contributed by atoms with Gasteiger partial charge in [-0.2, -0.15) is 8.78 Å². The van der Waals surface area contributed by atoms with Crippen LogP contribution >= 0.6 is 0 Å². The van der Waals surface area contributed by atoms with Crippen molar-refractivity contribution in [3.63, 3.8) is 0 Å². The molecule has 2 rings (SSSR count). The summed E-state index contributed by atoms with van der Waals surface area (Å²) in [5, 5.41) is 0. The van der Waals surface area contributed by atoms with Crippen molar-refractivity contribution in [2.75, 3.05) is 6.61 Å². The van der Waals surface area contributed by atoms with Gasteiger partial charge in [-0.15, -0.1) is 0 Å². The summed E-state index contributed by atoms with van der Waals surface area (Å²) in [6.07, 6.45) is 0. The molecule has 1 amide bonds. The number of aliphatic imine (C=N–C) groups is 1. The molecule has 2 heterocycles. The number of hydrogen-bond donors (Lipinski definition) is 2. The fourth-order valence-corrected chi connectivity index (χ4v) is 1.79. The molecule has 1 aliphatic rings. The third-order valence-corrected chi connectivity index (χ3v) is 3.01. The van der Waals surface area contributed by atoms with Crippen molar-refractivity contribution >= 4 is 11.9 Å². The molecule has 0 fully saturated rings. The number of rotatable bonds is 2. The largest absolute Gasteiger partial charge is 0.459 e. The van der Waals surface area contributed by atoms with Gasteiger partial charge in [-0.05, 0) is 19.1 Å². The van der Waals surface area contributed by atoms with Crippen LogP contribution in [0, 0.1) is 5.82 Å². The molecule has 1 atom stereocenters. The van der Waals surface area contributed by atoms with Crippen LogP contribution in [0.2, 0.25) is 0 Å². The van der Waals surface area contributed by atoms with Gasteiger partial charge >= 0.3 is 5.92 Å². The van der Waals surface area contributed by atoms with Gasteiger partial charge in [0.05, 0.1) is 0 Å². The Hall–Kier alpha value is -2.32. The Morgan fingerprint density at radius 3 is 2.70 bits per heavy atom. The summed E-state index contributed by atoms with van der Waals surface area (Å²) in [6, 6.07) is 1.31. The molecule has 0 spiro atoms. The Bertz CT molecular complexity index is 605. The second kappa shape index (κ2) is 4.36. The highest BCUT2D eigenvalue weighted by Crippen LogP contribution is 2.43. The summed E-state index contributed by atoms with van der Waals surface area (Å²) < 4.78 is 46.3. The number of nitrogens with zero attached hydrogens (tertiary/aromatic N) is 2. The van der Waals surface area contributed by atoms with Crippen LogP contribution in [-0.4, -0.2) is 29.4 Å². The number of halogens is 3. The van der Waals surface area contributed by atoms with Gasteiger partial charge in [0.25, 0.3) is 11.9 Å². The third-order valence-electron chi connectivity index (χ3n) is 3.01. The molecule has 0 aliphatic carbocycles. The smallest absolute Gasteiger partial charge is 0.311 e. The molecule has 1 aromatic rings. The summed E-state index contributed by atoms with van der Waals surface area (Å²) in [5.41, 5.74) is 6.82. The van der Waals surface area contributed by atoms with E-state index in [4.69, 9.17) is 11.5 Å². The average Bonchev–Trinajstić information content (AvgIpc) is 2.35. The van der Waals surface area contributed by atoms with Crippen molar-refractivity contribution in [1.82, 2.24) is 4.98 Å². The van der Waals surface area contributed by atoms with E-state index in [-0.39, 0.29) is 5.69 Å². The summed E-state index contributed by atoms with van der Waals surface area (Å²) in [4.78, 5) is 18.1. The van der Waals surface area contributed by atoms with Crippen LogP contribution in [0.25, 0.3) is 0 Å². The number of hydrogen-bond acceptors (Lipinski definition) is 5. The van der Waals surface area contributed by atoms with Crippen LogP contribution in [-0.2, 0) is 10.3 Å². The van der Waals surface area contributed by atoms with Crippen LogP contribution in [0.5, 0.6) is 0 Å². The fraction of sp³-hybridized carbons (Fsp3) is 0.364. The lowest BCUT2D eigenvalue weighted by molar-refractivity contribution is -0.118. The molecule has 108 valence electrons. The lowest BCUT2D eigenvalue weighted by atomic mass is 9.89. The van der Waals surface area contributed by atoms with Crippen molar-refractivity contribution in [2.24, 2.45) is 16.5 Å². The first-order chi connectivity index (χ1) is 9.17. The third kappa shape index (κ3) is 2.04. The molecule has 9 heteroatoms. The Kier molecular flexibility index (Phi) is 3.07. The van der Waals surface area contributed by atoms with Gasteiger partial charge in [-0.3, -0.25) is 4.79 Å². The molecule has 1 unspecified atom stereocenters. The minimum atomic E-state index is -3.56. The van der Waals surface area contributed by atoms with E-state index in [0.717, 1.165) is 19.1 Å². The van der Waals surface area contributed by atoms with Crippen molar-refractivity contribution in [1.29, 1.82) is 0 Å². The maximum Gasteiger partial charge on any atom is 0.311 e. The fourth-order valence-electron chi connectivity index (χ4n) is 1.79. The SMILES string of the molecule is CC1(c2nc(C(N)=O)ccc2F)N=C(N)OCC1(F)F. The summed E-state index contributed by atoms with van der Waals surface area (Å²) in [5.74, 6) is -5.57. The Morgan fingerprint density at radius 1 is 1.45 bits per heavy atom. The molecule has 0 radical (unpaired) electrons. The number of nitrogens with two attached hydrogens (primary N) is 2. The minimum Gasteiger partial charge on any atom is -0.459 e. The number of carbonyl (C=O) groups is 1. The first-order valence-electron chi connectivity index (χ1n) is 5.50. The number of ether oxygens (including phenoxy) is 1. The van der Waals surface area contributed by atoms with E-state index in [0.29, 0.717) is 0 Å². The zero-order chi connectivity index (χ0) is 15.1. The van der Waals surface area contributed by atoms with Gasteiger partial charge in [0.1, 0.15) is 17.2 Å². The molecule has 1 aliphatic heterocycles. The number of amides is 1. The number of amidine groups is 1.